The third kappa shape index (κ3) is 3.31. The van der Waals surface area contributed by atoms with E-state index in [0.717, 1.165) is 0 Å². The van der Waals surface area contributed by atoms with E-state index >= 15 is 0 Å². The summed E-state index contributed by atoms with van der Waals surface area (Å²) < 4.78 is 23.4. The molecule has 0 saturated carbocycles. The van der Waals surface area contributed by atoms with Gasteiger partial charge in [0.05, 0.1) is 5.75 Å². The van der Waals surface area contributed by atoms with E-state index in [0.29, 0.717) is 18.2 Å². The van der Waals surface area contributed by atoms with Crippen molar-refractivity contribution in [3.8, 4) is 5.95 Å². The van der Waals surface area contributed by atoms with Crippen molar-refractivity contribution in [2.45, 2.75) is 6.42 Å². The van der Waals surface area contributed by atoms with Crippen LogP contribution in [0.3, 0.4) is 0 Å². The number of hydrogen-bond acceptors (Lipinski definition) is 6. The minimum atomic E-state index is -3.00. The maximum atomic E-state index is 11.0. The number of sulfone groups is 1. The second-order valence-corrected chi connectivity index (χ2v) is 5.79. The van der Waals surface area contributed by atoms with Gasteiger partial charge in [0.2, 0.25) is 0 Å². The lowest BCUT2D eigenvalue weighted by atomic mass is 10.5. The van der Waals surface area contributed by atoms with Crippen molar-refractivity contribution in [1.82, 2.24) is 24.7 Å². The predicted octanol–water partition coefficient (Wildman–Crippen LogP) is -0.356. The van der Waals surface area contributed by atoms with Crippen molar-refractivity contribution in [3.63, 3.8) is 0 Å². The molecule has 0 radical (unpaired) electrons. The monoisotopic (exact) mass is 253 g/mol. The Kier molecular flexibility index (Phi) is 3.14. The van der Waals surface area contributed by atoms with Gasteiger partial charge in [0, 0.05) is 25.1 Å². The Balaban J connectivity index is 2.12. The molecule has 2 rings (SSSR count). The number of rotatable bonds is 4. The average molecular weight is 253 g/mol. The third-order valence-electron chi connectivity index (χ3n) is 1.99. The molecule has 0 saturated heterocycles. The molecule has 2 aromatic rings. The van der Waals surface area contributed by atoms with Crippen LogP contribution >= 0.6 is 0 Å². The maximum absolute atomic E-state index is 11.0. The topological polar surface area (TPSA) is 90.6 Å². The van der Waals surface area contributed by atoms with Gasteiger partial charge in [-0.2, -0.15) is 4.68 Å². The quantitative estimate of drug-likeness (QED) is 0.739. The van der Waals surface area contributed by atoms with E-state index in [4.69, 9.17) is 0 Å². The van der Waals surface area contributed by atoms with Crippen LogP contribution in [0.15, 0.2) is 24.8 Å². The molecule has 0 bridgehead atoms. The molecule has 0 fully saturated rings. The van der Waals surface area contributed by atoms with Crippen molar-refractivity contribution in [2.24, 2.45) is 0 Å². The Morgan fingerprint density at radius 2 is 1.94 bits per heavy atom. The van der Waals surface area contributed by atoms with Crippen LogP contribution in [-0.2, 0) is 16.3 Å². The van der Waals surface area contributed by atoms with Crippen molar-refractivity contribution in [1.29, 1.82) is 0 Å². The molecule has 0 atom stereocenters. The summed E-state index contributed by atoms with van der Waals surface area (Å²) in [4.78, 5) is 12.0. The predicted molar refractivity (Wildman–Crippen MR) is 60.4 cm³/mol. The molecule has 8 heteroatoms. The van der Waals surface area contributed by atoms with Gasteiger partial charge in [-0.15, -0.1) is 5.10 Å². The van der Waals surface area contributed by atoms with Crippen molar-refractivity contribution in [3.05, 3.63) is 30.6 Å². The van der Waals surface area contributed by atoms with Gasteiger partial charge in [0.25, 0.3) is 5.95 Å². The highest BCUT2D eigenvalue weighted by molar-refractivity contribution is 7.90. The van der Waals surface area contributed by atoms with Crippen LogP contribution < -0.4 is 0 Å². The zero-order chi connectivity index (χ0) is 12.3. The number of hydrogen-bond donors (Lipinski definition) is 0. The molecule has 0 amide bonds. The zero-order valence-electron chi connectivity index (χ0n) is 9.18. The maximum Gasteiger partial charge on any atom is 0.251 e. The summed E-state index contributed by atoms with van der Waals surface area (Å²) in [5, 5.41) is 4.10. The summed E-state index contributed by atoms with van der Waals surface area (Å²) in [7, 11) is -3.00. The lowest BCUT2D eigenvalue weighted by Gasteiger charge is -1.96. The molecule has 2 heterocycles. The number of nitrogens with zero attached hydrogens (tertiary/aromatic N) is 5. The molecule has 7 nitrogen and oxygen atoms in total. The fourth-order valence-corrected chi connectivity index (χ4v) is 1.75. The van der Waals surface area contributed by atoms with Gasteiger partial charge >= 0.3 is 0 Å². The Morgan fingerprint density at radius 3 is 2.59 bits per heavy atom. The van der Waals surface area contributed by atoms with E-state index < -0.39 is 9.84 Å². The number of aryl methyl sites for hydroxylation is 1. The normalized spacial score (nSPS) is 11.6. The molecule has 17 heavy (non-hydrogen) atoms. The summed E-state index contributed by atoms with van der Waals surface area (Å²) in [6, 6.07) is 1.70. The molecular weight excluding hydrogens is 242 g/mol. The fraction of sp³-hybridized carbons (Fsp3) is 0.333. The van der Waals surface area contributed by atoms with Crippen LogP contribution in [-0.4, -0.2) is 45.2 Å². The van der Waals surface area contributed by atoms with Gasteiger partial charge in [0.15, 0.2) is 5.82 Å². The van der Waals surface area contributed by atoms with E-state index in [1.54, 1.807) is 18.5 Å². The van der Waals surface area contributed by atoms with E-state index in [1.165, 1.54) is 17.3 Å². The Hall–Kier alpha value is -1.83. The minimum Gasteiger partial charge on any atom is -0.229 e. The van der Waals surface area contributed by atoms with Crippen molar-refractivity contribution < 1.29 is 8.42 Å². The summed E-state index contributed by atoms with van der Waals surface area (Å²) >= 11 is 0. The SMILES string of the molecule is CS(=O)(=O)CCc1ncn(-c2ncccn2)n1. The first-order chi connectivity index (χ1) is 8.04. The van der Waals surface area contributed by atoms with Crippen LogP contribution in [0, 0.1) is 0 Å². The Bertz CT molecular complexity index is 593. The van der Waals surface area contributed by atoms with Gasteiger partial charge < -0.3 is 0 Å². The van der Waals surface area contributed by atoms with E-state index in [2.05, 4.69) is 20.1 Å². The van der Waals surface area contributed by atoms with E-state index in [9.17, 15) is 8.42 Å². The second kappa shape index (κ2) is 4.58. The average Bonchev–Trinajstić information content (AvgIpc) is 2.75. The highest BCUT2D eigenvalue weighted by Crippen LogP contribution is 1.99. The van der Waals surface area contributed by atoms with Crippen LogP contribution in [0.25, 0.3) is 5.95 Å². The standard InChI is InChI=1S/C9H11N5O2S/c1-17(15,16)6-3-8-12-7-14(13-8)9-10-4-2-5-11-9/h2,4-5,7H,3,6H2,1H3. The second-order valence-electron chi connectivity index (χ2n) is 3.53. The molecule has 0 aliphatic carbocycles. The highest BCUT2D eigenvalue weighted by Gasteiger charge is 2.08. The first kappa shape index (κ1) is 11.6. The fourth-order valence-electron chi connectivity index (χ4n) is 1.19. The van der Waals surface area contributed by atoms with Crippen molar-refractivity contribution >= 4 is 9.84 Å². The lowest BCUT2D eigenvalue weighted by Crippen LogP contribution is -2.07. The number of aromatic nitrogens is 5. The van der Waals surface area contributed by atoms with E-state index in [-0.39, 0.29) is 5.75 Å². The first-order valence-electron chi connectivity index (χ1n) is 4.90. The third-order valence-corrected chi connectivity index (χ3v) is 2.94. The van der Waals surface area contributed by atoms with Crippen molar-refractivity contribution in [2.75, 3.05) is 12.0 Å². The van der Waals surface area contributed by atoms with Gasteiger partial charge in [0.1, 0.15) is 16.2 Å². The molecule has 0 unspecified atom stereocenters. The van der Waals surface area contributed by atoms with Crippen LogP contribution in [0.5, 0.6) is 0 Å². The highest BCUT2D eigenvalue weighted by atomic mass is 32.2. The molecule has 0 aromatic carbocycles. The van der Waals surface area contributed by atoms with Crippen LogP contribution in [0.2, 0.25) is 0 Å². The smallest absolute Gasteiger partial charge is 0.229 e. The molecule has 0 spiro atoms. The van der Waals surface area contributed by atoms with Gasteiger partial charge in [-0.05, 0) is 6.07 Å². The van der Waals surface area contributed by atoms with Gasteiger partial charge in [-0.25, -0.2) is 23.4 Å². The Morgan fingerprint density at radius 1 is 1.24 bits per heavy atom. The van der Waals surface area contributed by atoms with E-state index in [1.807, 2.05) is 0 Å². The molecule has 0 aliphatic rings. The summed E-state index contributed by atoms with van der Waals surface area (Å²) in [6.45, 7) is 0. The molecule has 2 aromatic heterocycles. The zero-order valence-corrected chi connectivity index (χ0v) is 10.0. The summed E-state index contributed by atoms with van der Waals surface area (Å²) in [6.07, 6.45) is 6.14. The molecule has 0 aliphatic heterocycles. The van der Waals surface area contributed by atoms with Gasteiger partial charge in [-0.3, -0.25) is 0 Å². The first-order valence-corrected chi connectivity index (χ1v) is 6.96. The summed E-state index contributed by atoms with van der Waals surface area (Å²) in [5.41, 5.74) is 0. The largest absolute Gasteiger partial charge is 0.251 e. The van der Waals surface area contributed by atoms with Crippen LogP contribution in [0.1, 0.15) is 5.82 Å². The Labute approximate surface area is 98.5 Å². The van der Waals surface area contributed by atoms with Gasteiger partial charge in [-0.1, -0.05) is 0 Å². The van der Waals surface area contributed by atoms with Crippen LogP contribution in [0.4, 0.5) is 0 Å². The lowest BCUT2D eigenvalue weighted by molar-refractivity contribution is 0.600. The molecule has 0 N–H and O–H groups in total. The minimum absolute atomic E-state index is 0.0344. The molecular formula is C9H11N5O2S. The summed E-state index contributed by atoms with van der Waals surface area (Å²) in [5.74, 6) is 0.903. The molecule has 90 valence electrons.